The third-order valence-corrected chi connectivity index (χ3v) is 1.33. The van der Waals surface area contributed by atoms with Gasteiger partial charge in [-0.3, -0.25) is 4.98 Å². The molecule has 1 heterocycles. The Morgan fingerprint density at radius 3 is 2.78 bits per heavy atom. The summed E-state index contributed by atoms with van der Waals surface area (Å²) in [6, 6.07) is 5.42. The van der Waals surface area contributed by atoms with Crippen molar-refractivity contribution in [3.05, 3.63) is 23.9 Å². The van der Waals surface area contributed by atoms with Gasteiger partial charge in [-0.1, -0.05) is 29.4 Å². The molecule has 1 aromatic rings. The molecule has 0 N–H and O–H groups in total. The highest BCUT2D eigenvalue weighted by Gasteiger charge is 1.81. The Morgan fingerprint density at radius 1 is 1.56 bits per heavy atom. The van der Waals surface area contributed by atoms with Gasteiger partial charge in [-0.15, -0.1) is 0 Å². The fraction of sp³-hybridized carbons (Fsp3) is 0. The minimum atomic E-state index is 0.591. The van der Waals surface area contributed by atoms with Crippen molar-refractivity contribution in [2.24, 2.45) is 0 Å². The predicted octanol–water partition coefficient (Wildman–Crippen LogP) is 1.34. The maximum Gasteiger partial charge on any atom is 0.0718 e. The molecule has 0 unspecified atom stereocenters. The Hall–Kier alpha value is -0.540. The van der Waals surface area contributed by atoms with E-state index in [0.717, 1.165) is 5.69 Å². The highest BCUT2D eigenvalue weighted by molar-refractivity contribution is 7.79. The molecule has 1 nitrogen and oxygen atoms in total. The molecule has 0 fully saturated rings. The highest BCUT2D eigenvalue weighted by Crippen LogP contribution is 1.94. The van der Waals surface area contributed by atoms with Crippen LogP contribution in [0.5, 0.6) is 0 Å². The van der Waals surface area contributed by atoms with Crippen LogP contribution in [0.15, 0.2) is 23.2 Å². The van der Waals surface area contributed by atoms with E-state index < -0.39 is 0 Å². The second kappa shape index (κ2) is 2.85. The number of rotatable bonds is 1. The molecule has 0 aliphatic carbocycles. The Morgan fingerprint density at radius 2 is 2.33 bits per heavy atom. The molecular weight excluding hydrogens is 150 g/mol. The Kier molecular flexibility index (Phi) is 2.08. The number of nitrogens with zero attached hydrogens (tertiary/aromatic N) is 1. The summed E-state index contributed by atoms with van der Waals surface area (Å²) in [5.41, 5.74) is 0.762. The minimum Gasteiger partial charge on any atom is -0.760 e. The van der Waals surface area contributed by atoms with E-state index in [1.165, 1.54) is 5.37 Å². The minimum absolute atomic E-state index is 0.591. The maximum absolute atomic E-state index is 4.79. The normalized spacial score (nSPS) is 8.89. The first-order valence-corrected chi connectivity index (χ1v) is 3.30. The first kappa shape index (κ1) is 6.58. The third-order valence-electron chi connectivity index (χ3n) is 0.866. The molecule has 0 aromatic carbocycles. The van der Waals surface area contributed by atoms with E-state index in [4.69, 9.17) is 12.6 Å². The van der Waals surface area contributed by atoms with Crippen LogP contribution in [0, 0.1) is 0 Å². The second-order valence-corrected chi connectivity index (χ2v) is 2.17. The van der Waals surface area contributed by atoms with E-state index in [-0.39, 0.29) is 0 Å². The maximum atomic E-state index is 4.79. The lowest BCUT2D eigenvalue weighted by molar-refractivity contribution is 1.13. The summed E-state index contributed by atoms with van der Waals surface area (Å²) in [5.74, 6) is 0. The van der Waals surface area contributed by atoms with Crippen molar-refractivity contribution in [3.8, 4) is 0 Å². The fourth-order valence-corrected chi connectivity index (χ4v) is 0.812. The molecule has 3 heteroatoms. The number of hydrogen-bond donors (Lipinski definition) is 0. The summed E-state index contributed by atoms with van der Waals surface area (Å²) in [6.45, 7) is 0. The molecule has 0 saturated heterocycles. The molecular formula is C6H4NS2-. The fourth-order valence-electron chi connectivity index (χ4n) is 0.496. The quantitative estimate of drug-likeness (QED) is 0.447. The van der Waals surface area contributed by atoms with E-state index in [1.807, 2.05) is 12.1 Å². The van der Waals surface area contributed by atoms with Crippen molar-refractivity contribution in [1.29, 1.82) is 0 Å². The smallest absolute Gasteiger partial charge is 0.0718 e. The van der Waals surface area contributed by atoms with Crippen LogP contribution in [-0.2, 0) is 12.6 Å². The van der Waals surface area contributed by atoms with Gasteiger partial charge in [0.25, 0.3) is 0 Å². The topological polar surface area (TPSA) is 12.9 Å². The van der Waals surface area contributed by atoms with E-state index in [9.17, 15) is 0 Å². The molecule has 46 valence electrons. The van der Waals surface area contributed by atoms with Crippen molar-refractivity contribution in [1.82, 2.24) is 4.98 Å². The molecule has 0 aliphatic heterocycles. The SMILES string of the molecule is S=Cc1cccc([S-])n1. The number of pyridine rings is 1. The van der Waals surface area contributed by atoms with Crippen LogP contribution in [0.1, 0.15) is 5.69 Å². The first-order chi connectivity index (χ1) is 4.33. The second-order valence-electron chi connectivity index (χ2n) is 1.52. The third kappa shape index (κ3) is 1.69. The van der Waals surface area contributed by atoms with Crippen LogP contribution >= 0.6 is 12.2 Å². The molecule has 9 heavy (non-hydrogen) atoms. The van der Waals surface area contributed by atoms with Crippen LogP contribution in [-0.4, -0.2) is 10.4 Å². The number of aromatic nitrogens is 1. The Labute approximate surface area is 64.5 Å². The van der Waals surface area contributed by atoms with Gasteiger partial charge in [0.05, 0.1) is 5.69 Å². The van der Waals surface area contributed by atoms with Crippen LogP contribution in [0.25, 0.3) is 0 Å². The zero-order chi connectivity index (χ0) is 6.69. The van der Waals surface area contributed by atoms with Gasteiger partial charge in [0, 0.05) is 5.37 Å². The summed E-state index contributed by atoms with van der Waals surface area (Å²) in [6.07, 6.45) is 0. The van der Waals surface area contributed by atoms with Crippen LogP contribution in [0.2, 0.25) is 0 Å². The van der Waals surface area contributed by atoms with Gasteiger partial charge in [0.15, 0.2) is 0 Å². The van der Waals surface area contributed by atoms with Crippen LogP contribution < -0.4 is 0 Å². The van der Waals surface area contributed by atoms with Crippen molar-refractivity contribution in [2.75, 3.05) is 0 Å². The molecule has 0 atom stereocenters. The lowest BCUT2D eigenvalue weighted by Gasteiger charge is -2.01. The van der Waals surface area contributed by atoms with Gasteiger partial charge in [-0.25, -0.2) is 0 Å². The molecule has 0 amide bonds. The summed E-state index contributed by atoms with van der Waals surface area (Å²) in [4.78, 5) is 3.95. The summed E-state index contributed by atoms with van der Waals surface area (Å²) in [7, 11) is 0. The average molecular weight is 154 g/mol. The monoisotopic (exact) mass is 154 g/mol. The highest BCUT2D eigenvalue weighted by atomic mass is 32.1. The van der Waals surface area contributed by atoms with Gasteiger partial charge in [0.1, 0.15) is 0 Å². The van der Waals surface area contributed by atoms with Gasteiger partial charge in [-0.2, -0.15) is 0 Å². The molecule has 1 rings (SSSR count). The van der Waals surface area contributed by atoms with Gasteiger partial charge in [0.2, 0.25) is 0 Å². The van der Waals surface area contributed by atoms with E-state index in [0.29, 0.717) is 5.03 Å². The van der Waals surface area contributed by atoms with Crippen molar-refractivity contribution in [3.63, 3.8) is 0 Å². The van der Waals surface area contributed by atoms with Crippen LogP contribution in [0.4, 0.5) is 0 Å². The molecule has 0 saturated carbocycles. The van der Waals surface area contributed by atoms with Gasteiger partial charge in [-0.05, 0) is 6.07 Å². The number of thiocarbonyl (C=S) groups is 1. The average Bonchev–Trinajstić information content (AvgIpc) is 1.88. The zero-order valence-electron chi connectivity index (χ0n) is 4.57. The Balaban J connectivity index is 3.07. The summed E-state index contributed by atoms with van der Waals surface area (Å²) in [5, 5.41) is 2.10. The standard InChI is InChI=1S/C6H5NS2/c8-4-5-2-1-3-6(9)7-5/h1-4H,(H,7,9)/p-1. The lowest BCUT2D eigenvalue weighted by atomic mass is 10.4. The van der Waals surface area contributed by atoms with Crippen molar-refractivity contribution in [2.45, 2.75) is 5.03 Å². The van der Waals surface area contributed by atoms with Gasteiger partial charge >= 0.3 is 0 Å². The Bertz CT molecular complexity index is 222. The molecule has 0 aliphatic rings. The summed E-state index contributed by atoms with van der Waals surface area (Å²) < 4.78 is 0. The lowest BCUT2D eigenvalue weighted by Crippen LogP contribution is -1.85. The summed E-state index contributed by atoms with van der Waals surface area (Å²) >= 11 is 9.43. The molecule has 1 aromatic heterocycles. The molecule has 0 bridgehead atoms. The van der Waals surface area contributed by atoms with Crippen molar-refractivity contribution < 1.29 is 0 Å². The molecule has 0 radical (unpaired) electrons. The predicted molar refractivity (Wildman–Crippen MR) is 42.6 cm³/mol. The number of hydrogen-bond acceptors (Lipinski definition) is 3. The first-order valence-electron chi connectivity index (χ1n) is 2.42. The van der Waals surface area contributed by atoms with E-state index >= 15 is 0 Å². The largest absolute Gasteiger partial charge is 0.760 e. The van der Waals surface area contributed by atoms with Gasteiger partial charge < -0.3 is 12.6 Å². The van der Waals surface area contributed by atoms with Crippen molar-refractivity contribution >= 4 is 30.2 Å². The zero-order valence-corrected chi connectivity index (χ0v) is 6.21. The van der Waals surface area contributed by atoms with E-state index in [1.54, 1.807) is 6.07 Å². The van der Waals surface area contributed by atoms with E-state index in [2.05, 4.69) is 17.2 Å². The van der Waals surface area contributed by atoms with Crippen LogP contribution in [0.3, 0.4) is 0 Å². The molecule has 0 spiro atoms.